The summed E-state index contributed by atoms with van der Waals surface area (Å²) in [4.78, 5) is 9.17. The van der Waals surface area contributed by atoms with Crippen molar-refractivity contribution in [3.8, 4) is 0 Å². The first-order chi connectivity index (χ1) is 16.4. The van der Waals surface area contributed by atoms with Crippen LogP contribution in [0.5, 0.6) is 0 Å². The highest BCUT2D eigenvalue weighted by molar-refractivity contribution is 7.89. The molecule has 10 heteroatoms. The van der Waals surface area contributed by atoms with Gasteiger partial charge >= 0.3 is 0 Å². The van der Waals surface area contributed by atoms with Crippen LogP contribution in [0.2, 0.25) is 0 Å². The van der Waals surface area contributed by atoms with E-state index in [4.69, 9.17) is 15.5 Å². The SMILES string of the molecule is CCCCc1nc2c(N)nc3ccccc3c2n1CCOCCNS(=O)(=O)c1cccc(F)c1. The number of ether oxygens (including phenoxy) is 1. The smallest absolute Gasteiger partial charge is 0.240 e. The van der Waals surface area contributed by atoms with Gasteiger partial charge in [0.25, 0.3) is 0 Å². The highest BCUT2D eigenvalue weighted by Gasteiger charge is 2.17. The Morgan fingerprint density at radius 3 is 2.74 bits per heavy atom. The molecule has 0 spiro atoms. The Labute approximate surface area is 198 Å². The molecule has 0 fully saturated rings. The zero-order valence-corrected chi connectivity index (χ0v) is 19.8. The minimum Gasteiger partial charge on any atom is -0.382 e. The summed E-state index contributed by atoms with van der Waals surface area (Å²) in [5.41, 5.74) is 8.65. The van der Waals surface area contributed by atoms with Crippen LogP contribution in [-0.2, 0) is 27.7 Å². The van der Waals surface area contributed by atoms with E-state index in [1.807, 2.05) is 24.3 Å². The summed E-state index contributed by atoms with van der Waals surface area (Å²) < 4.78 is 48.2. The minimum absolute atomic E-state index is 0.0754. The molecule has 2 heterocycles. The molecule has 3 N–H and O–H groups in total. The zero-order valence-electron chi connectivity index (χ0n) is 19.0. The number of hydrogen-bond acceptors (Lipinski definition) is 6. The van der Waals surface area contributed by atoms with Gasteiger partial charge in [-0.2, -0.15) is 0 Å². The quantitative estimate of drug-likeness (QED) is 0.314. The number of imidazole rings is 1. The van der Waals surface area contributed by atoms with E-state index in [2.05, 4.69) is 21.2 Å². The first-order valence-electron chi connectivity index (χ1n) is 11.3. The van der Waals surface area contributed by atoms with Gasteiger partial charge in [-0.05, 0) is 30.7 Å². The number of anilines is 1. The Morgan fingerprint density at radius 1 is 1.12 bits per heavy atom. The number of para-hydroxylation sites is 1. The number of aromatic nitrogens is 3. The third-order valence-corrected chi connectivity index (χ3v) is 7.01. The molecular weight excluding hydrogens is 457 g/mol. The minimum atomic E-state index is -3.79. The molecule has 0 aliphatic heterocycles. The highest BCUT2D eigenvalue weighted by Crippen LogP contribution is 2.29. The summed E-state index contributed by atoms with van der Waals surface area (Å²) in [6.45, 7) is 3.29. The third-order valence-electron chi connectivity index (χ3n) is 5.55. The molecule has 0 aliphatic carbocycles. The molecule has 8 nitrogen and oxygen atoms in total. The topological polar surface area (TPSA) is 112 Å². The lowest BCUT2D eigenvalue weighted by Crippen LogP contribution is -2.28. The predicted molar refractivity (Wildman–Crippen MR) is 130 cm³/mol. The van der Waals surface area contributed by atoms with Crippen LogP contribution in [0.15, 0.2) is 53.4 Å². The molecule has 0 saturated carbocycles. The average molecular weight is 486 g/mol. The van der Waals surface area contributed by atoms with Gasteiger partial charge in [-0.1, -0.05) is 37.6 Å². The monoisotopic (exact) mass is 485 g/mol. The number of halogens is 1. The normalized spacial score (nSPS) is 12.1. The van der Waals surface area contributed by atoms with Gasteiger partial charge in [-0.25, -0.2) is 27.5 Å². The molecule has 0 bridgehead atoms. The highest BCUT2D eigenvalue weighted by atomic mass is 32.2. The number of fused-ring (bicyclic) bond motifs is 3. The molecule has 0 radical (unpaired) electrons. The summed E-state index contributed by atoms with van der Waals surface area (Å²) in [5.74, 6) is 0.726. The van der Waals surface area contributed by atoms with Crippen LogP contribution in [0.1, 0.15) is 25.6 Å². The van der Waals surface area contributed by atoms with Crippen molar-refractivity contribution in [2.75, 3.05) is 25.5 Å². The molecule has 2 aromatic carbocycles. The van der Waals surface area contributed by atoms with Gasteiger partial charge in [0, 0.05) is 24.9 Å². The number of rotatable bonds is 11. The fourth-order valence-corrected chi connectivity index (χ4v) is 4.94. The lowest BCUT2D eigenvalue weighted by Gasteiger charge is -2.12. The van der Waals surface area contributed by atoms with Crippen LogP contribution in [-0.4, -0.2) is 42.7 Å². The fraction of sp³-hybridized carbons (Fsp3) is 0.333. The van der Waals surface area contributed by atoms with E-state index in [1.54, 1.807) is 0 Å². The largest absolute Gasteiger partial charge is 0.382 e. The first-order valence-corrected chi connectivity index (χ1v) is 12.8. The maximum Gasteiger partial charge on any atom is 0.240 e. The van der Waals surface area contributed by atoms with Crippen LogP contribution in [0.25, 0.3) is 21.9 Å². The number of nitrogens with two attached hydrogens (primary N) is 1. The Morgan fingerprint density at radius 2 is 1.94 bits per heavy atom. The molecule has 4 rings (SSSR count). The van der Waals surface area contributed by atoms with E-state index in [-0.39, 0.29) is 18.0 Å². The van der Waals surface area contributed by atoms with Gasteiger partial charge in [0.1, 0.15) is 17.2 Å². The summed E-state index contributed by atoms with van der Waals surface area (Å²) in [6.07, 6.45) is 2.85. The Balaban J connectivity index is 1.44. The molecular formula is C24H28FN5O3S. The van der Waals surface area contributed by atoms with Gasteiger partial charge in [0.15, 0.2) is 5.82 Å². The first kappa shape index (κ1) is 24.1. The number of nitrogens with one attached hydrogen (secondary N) is 1. The van der Waals surface area contributed by atoms with Crippen LogP contribution in [0.4, 0.5) is 10.2 Å². The fourth-order valence-electron chi connectivity index (χ4n) is 3.90. The van der Waals surface area contributed by atoms with E-state index in [1.165, 1.54) is 18.2 Å². The summed E-state index contributed by atoms with van der Waals surface area (Å²) in [7, 11) is -3.79. The lowest BCUT2D eigenvalue weighted by molar-refractivity contribution is 0.131. The van der Waals surface area contributed by atoms with E-state index in [0.29, 0.717) is 24.5 Å². The number of nitrogens with zero attached hydrogens (tertiary/aromatic N) is 3. The summed E-state index contributed by atoms with van der Waals surface area (Å²) in [5, 5.41) is 0.977. The number of pyridine rings is 1. The van der Waals surface area contributed by atoms with Gasteiger partial charge < -0.3 is 15.0 Å². The van der Waals surface area contributed by atoms with E-state index >= 15 is 0 Å². The molecule has 0 unspecified atom stereocenters. The van der Waals surface area contributed by atoms with Crippen LogP contribution >= 0.6 is 0 Å². The van der Waals surface area contributed by atoms with Crippen molar-refractivity contribution in [3.63, 3.8) is 0 Å². The van der Waals surface area contributed by atoms with Gasteiger partial charge in [-0.15, -0.1) is 0 Å². The molecule has 0 saturated heterocycles. The molecule has 180 valence electrons. The average Bonchev–Trinajstić information content (AvgIpc) is 3.19. The van der Waals surface area contributed by atoms with Crippen molar-refractivity contribution in [1.29, 1.82) is 0 Å². The lowest BCUT2D eigenvalue weighted by atomic mass is 10.2. The van der Waals surface area contributed by atoms with E-state index in [0.717, 1.165) is 47.6 Å². The molecule has 2 aromatic heterocycles. The maximum atomic E-state index is 13.3. The number of hydrogen-bond donors (Lipinski definition) is 2. The molecule has 0 atom stereocenters. The van der Waals surface area contributed by atoms with Crippen molar-refractivity contribution < 1.29 is 17.5 Å². The Hall–Kier alpha value is -3.08. The predicted octanol–water partition coefficient (Wildman–Crippen LogP) is 3.64. The Bertz CT molecular complexity index is 1400. The van der Waals surface area contributed by atoms with Crippen molar-refractivity contribution in [2.45, 2.75) is 37.6 Å². The Kier molecular flexibility index (Phi) is 7.40. The van der Waals surface area contributed by atoms with Crippen LogP contribution < -0.4 is 10.5 Å². The summed E-state index contributed by atoms with van der Waals surface area (Å²) >= 11 is 0. The van der Waals surface area contributed by atoms with Crippen molar-refractivity contribution in [2.24, 2.45) is 0 Å². The number of sulfonamides is 1. The number of nitrogen functional groups attached to an aromatic ring is 1. The number of benzene rings is 2. The number of unbranched alkanes of at least 4 members (excludes halogenated alkanes) is 1. The van der Waals surface area contributed by atoms with Gasteiger partial charge in [0.2, 0.25) is 10.0 Å². The second-order valence-corrected chi connectivity index (χ2v) is 9.73. The van der Waals surface area contributed by atoms with Crippen LogP contribution in [0, 0.1) is 5.82 Å². The van der Waals surface area contributed by atoms with E-state index in [9.17, 15) is 12.8 Å². The second kappa shape index (κ2) is 10.5. The van der Waals surface area contributed by atoms with Gasteiger partial charge in [0.05, 0.1) is 29.1 Å². The maximum absolute atomic E-state index is 13.3. The van der Waals surface area contributed by atoms with Crippen molar-refractivity contribution in [1.82, 2.24) is 19.3 Å². The standard InChI is InChI=1S/C24H28FN5O3S/c1-2-3-11-21-29-22-23(19-9-4-5-10-20(19)28-24(22)26)30(21)13-15-33-14-12-27-34(31,32)18-8-6-7-17(25)16-18/h4-10,16,27H,2-3,11-15H2,1H3,(H2,26,28). The van der Waals surface area contributed by atoms with Crippen molar-refractivity contribution >= 4 is 37.8 Å². The third kappa shape index (κ3) is 5.19. The molecule has 4 aromatic rings. The molecule has 34 heavy (non-hydrogen) atoms. The van der Waals surface area contributed by atoms with Gasteiger partial charge in [-0.3, -0.25) is 0 Å². The van der Waals surface area contributed by atoms with Crippen LogP contribution in [0.3, 0.4) is 0 Å². The summed E-state index contributed by atoms with van der Waals surface area (Å²) in [6, 6.07) is 12.7. The van der Waals surface area contributed by atoms with E-state index < -0.39 is 15.8 Å². The molecule has 0 amide bonds. The second-order valence-electron chi connectivity index (χ2n) is 7.96. The number of aryl methyl sites for hydroxylation is 1. The van der Waals surface area contributed by atoms with Crippen molar-refractivity contribution in [3.05, 3.63) is 60.2 Å². The molecule has 0 aliphatic rings. The zero-order chi connectivity index (χ0) is 24.1.